The first-order chi connectivity index (χ1) is 9.90. The highest BCUT2D eigenvalue weighted by Gasteiger charge is 2.26. The van der Waals surface area contributed by atoms with Crippen LogP contribution in [0.25, 0.3) is 0 Å². The summed E-state index contributed by atoms with van der Waals surface area (Å²) in [6.07, 6.45) is 1.10. The number of rotatable bonds is 4. The fraction of sp³-hybridized carbons (Fsp3) is 0.750. The van der Waals surface area contributed by atoms with Crippen LogP contribution >= 0.6 is 0 Å². The van der Waals surface area contributed by atoms with E-state index < -0.39 is 0 Å². The molecule has 0 saturated carbocycles. The van der Waals surface area contributed by atoms with Crippen LogP contribution in [0.2, 0.25) is 0 Å². The highest BCUT2D eigenvalue weighted by molar-refractivity contribution is 5.49. The number of aromatic nitrogens is 2. The van der Waals surface area contributed by atoms with E-state index in [1.54, 1.807) is 0 Å². The smallest absolute Gasteiger partial charge is 0.134 e. The van der Waals surface area contributed by atoms with Crippen molar-refractivity contribution in [3.63, 3.8) is 0 Å². The molecule has 1 aromatic heterocycles. The highest BCUT2D eigenvalue weighted by Crippen LogP contribution is 2.21. The van der Waals surface area contributed by atoms with Gasteiger partial charge in [0.2, 0.25) is 0 Å². The van der Waals surface area contributed by atoms with E-state index in [2.05, 4.69) is 58.8 Å². The molecule has 2 rings (SSSR count). The number of nitrogens with one attached hydrogen (secondary N) is 1. The average molecular weight is 291 g/mol. The van der Waals surface area contributed by atoms with E-state index in [-0.39, 0.29) is 5.54 Å². The zero-order chi connectivity index (χ0) is 15.5. The minimum Gasteiger partial charge on any atom is -0.370 e. The lowest BCUT2D eigenvalue weighted by Gasteiger charge is -2.42. The van der Waals surface area contributed by atoms with Gasteiger partial charge in [0.25, 0.3) is 0 Å². The van der Waals surface area contributed by atoms with Crippen LogP contribution in [0.3, 0.4) is 0 Å². The summed E-state index contributed by atoms with van der Waals surface area (Å²) in [4.78, 5) is 14.0. The van der Waals surface area contributed by atoms with E-state index in [4.69, 9.17) is 0 Å². The lowest BCUT2D eigenvalue weighted by atomic mass is 10.1. The van der Waals surface area contributed by atoms with Crippen LogP contribution in [0.4, 0.5) is 11.6 Å². The van der Waals surface area contributed by atoms with Crippen molar-refractivity contribution in [2.75, 3.05) is 42.9 Å². The van der Waals surface area contributed by atoms with Crippen molar-refractivity contribution in [1.82, 2.24) is 14.9 Å². The summed E-state index contributed by atoms with van der Waals surface area (Å²) >= 11 is 0. The number of aryl methyl sites for hydroxylation is 1. The fourth-order valence-corrected chi connectivity index (χ4v) is 2.66. The molecular weight excluding hydrogens is 262 g/mol. The van der Waals surface area contributed by atoms with Gasteiger partial charge in [0.15, 0.2) is 0 Å². The third-order valence-electron chi connectivity index (χ3n) is 3.93. The SMILES string of the molecule is CCCNc1cc(N2CCN(C(C)(C)C)CC2)nc(C)n1. The molecule has 2 heterocycles. The third kappa shape index (κ3) is 4.30. The molecule has 1 aliphatic heterocycles. The minimum absolute atomic E-state index is 0.252. The van der Waals surface area contributed by atoms with Crippen molar-refractivity contribution in [3.05, 3.63) is 11.9 Å². The predicted octanol–water partition coefficient (Wildman–Crippen LogP) is 2.53. The van der Waals surface area contributed by atoms with Gasteiger partial charge in [-0.3, -0.25) is 4.90 Å². The van der Waals surface area contributed by atoms with Gasteiger partial charge in [-0.25, -0.2) is 9.97 Å². The van der Waals surface area contributed by atoms with Gasteiger partial charge >= 0.3 is 0 Å². The molecule has 5 heteroatoms. The second-order valence-corrected chi connectivity index (χ2v) is 6.73. The van der Waals surface area contributed by atoms with Gasteiger partial charge < -0.3 is 10.2 Å². The molecule has 1 aromatic rings. The Labute approximate surface area is 128 Å². The third-order valence-corrected chi connectivity index (χ3v) is 3.93. The number of hydrogen-bond acceptors (Lipinski definition) is 5. The second kappa shape index (κ2) is 6.60. The van der Waals surface area contributed by atoms with Gasteiger partial charge in [-0.2, -0.15) is 0 Å². The van der Waals surface area contributed by atoms with Crippen molar-refractivity contribution in [2.45, 2.75) is 46.6 Å². The summed E-state index contributed by atoms with van der Waals surface area (Å²) in [5.41, 5.74) is 0.252. The first-order valence-electron chi connectivity index (χ1n) is 7.99. The van der Waals surface area contributed by atoms with Gasteiger partial charge in [-0.05, 0) is 34.1 Å². The molecule has 0 amide bonds. The fourth-order valence-electron chi connectivity index (χ4n) is 2.66. The Kier molecular flexibility index (Phi) is 5.04. The first-order valence-corrected chi connectivity index (χ1v) is 7.99. The van der Waals surface area contributed by atoms with Crippen molar-refractivity contribution < 1.29 is 0 Å². The molecule has 1 N–H and O–H groups in total. The second-order valence-electron chi connectivity index (χ2n) is 6.73. The van der Waals surface area contributed by atoms with Crippen LogP contribution in [0.1, 0.15) is 39.9 Å². The van der Waals surface area contributed by atoms with Crippen LogP contribution in [0, 0.1) is 6.92 Å². The minimum atomic E-state index is 0.252. The van der Waals surface area contributed by atoms with Crippen LogP contribution in [-0.4, -0.2) is 53.1 Å². The molecule has 1 aliphatic rings. The van der Waals surface area contributed by atoms with Crippen molar-refractivity contribution in [3.8, 4) is 0 Å². The Morgan fingerprint density at radius 3 is 2.38 bits per heavy atom. The number of anilines is 2. The topological polar surface area (TPSA) is 44.3 Å². The number of nitrogens with zero attached hydrogens (tertiary/aromatic N) is 4. The molecule has 1 fully saturated rings. The summed E-state index contributed by atoms with van der Waals surface area (Å²) in [7, 11) is 0. The van der Waals surface area contributed by atoms with E-state index in [9.17, 15) is 0 Å². The van der Waals surface area contributed by atoms with E-state index in [1.807, 2.05) is 6.92 Å². The summed E-state index contributed by atoms with van der Waals surface area (Å²) in [6.45, 7) is 16.2. The quantitative estimate of drug-likeness (QED) is 0.923. The molecule has 1 saturated heterocycles. The Balaban J connectivity index is 2.04. The van der Waals surface area contributed by atoms with Crippen molar-refractivity contribution >= 4 is 11.6 Å². The molecule has 0 bridgehead atoms. The van der Waals surface area contributed by atoms with Gasteiger partial charge in [0, 0.05) is 44.3 Å². The number of piperazine rings is 1. The van der Waals surface area contributed by atoms with Crippen LogP contribution in [0.5, 0.6) is 0 Å². The first kappa shape index (κ1) is 16.0. The maximum Gasteiger partial charge on any atom is 0.134 e. The Bertz CT molecular complexity index is 458. The summed E-state index contributed by atoms with van der Waals surface area (Å²) < 4.78 is 0. The zero-order valence-corrected chi connectivity index (χ0v) is 14.1. The molecule has 0 unspecified atom stereocenters. The van der Waals surface area contributed by atoms with E-state index in [1.165, 1.54) is 0 Å². The summed E-state index contributed by atoms with van der Waals surface area (Å²) in [5, 5.41) is 3.36. The number of hydrogen-bond donors (Lipinski definition) is 1. The molecule has 5 nitrogen and oxygen atoms in total. The normalized spacial score (nSPS) is 17.1. The van der Waals surface area contributed by atoms with Crippen LogP contribution < -0.4 is 10.2 Å². The van der Waals surface area contributed by atoms with E-state index in [0.717, 1.165) is 56.6 Å². The van der Waals surface area contributed by atoms with Crippen molar-refractivity contribution in [1.29, 1.82) is 0 Å². The standard InChI is InChI=1S/C16H29N5/c1-6-7-17-14-12-15(19-13(2)18-14)20-8-10-21(11-9-20)16(3,4)5/h12H,6-11H2,1-5H3,(H,17,18,19). The maximum absolute atomic E-state index is 4.61. The Morgan fingerprint density at radius 2 is 1.81 bits per heavy atom. The molecule has 0 aromatic carbocycles. The van der Waals surface area contributed by atoms with Gasteiger partial charge in [-0.15, -0.1) is 0 Å². The van der Waals surface area contributed by atoms with Gasteiger partial charge in [-0.1, -0.05) is 6.92 Å². The summed E-state index contributed by atoms with van der Waals surface area (Å²) in [5.74, 6) is 2.83. The molecular formula is C16H29N5. The Hall–Kier alpha value is -1.36. The maximum atomic E-state index is 4.61. The monoisotopic (exact) mass is 291 g/mol. The van der Waals surface area contributed by atoms with Crippen molar-refractivity contribution in [2.24, 2.45) is 0 Å². The largest absolute Gasteiger partial charge is 0.370 e. The predicted molar refractivity (Wildman–Crippen MR) is 89.1 cm³/mol. The molecule has 0 spiro atoms. The highest BCUT2D eigenvalue weighted by atomic mass is 15.3. The van der Waals surface area contributed by atoms with Crippen LogP contribution in [-0.2, 0) is 0 Å². The molecule has 118 valence electrons. The molecule has 0 atom stereocenters. The lowest BCUT2D eigenvalue weighted by molar-refractivity contribution is 0.128. The van der Waals surface area contributed by atoms with Gasteiger partial charge in [0.1, 0.15) is 17.5 Å². The Morgan fingerprint density at radius 1 is 1.14 bits per heavy atom. The lowest BCUT2D eigenvalue weighted by Crippen LogP contribution is -2.53. The van der Waals surface area contributed by atoms with Crippen LogP contribution in [0.15, 0.2) is 6.07 Å². The summed E-state index contributed by atoms with van der Waals surface area (Å²) in [6, 6.07) is 2.08. The molecule has 0 radical (unpaired) electrons. The van der Waals surface area contributed by atoms with E-state index in [0.29, 0.717) is 0 Å². The van der Waals surface area contributed by atoms with E-state index >= 15 is 0 Å². The molecule has 21 heavy (non-hydrogen) atoms. The molecule has 0 aliphatic carbocycles. The van der Waals surface area contributed by atoms with Gasteiger partial charge in [0.05, 0.1) is 0 Å². The zero-order valence-electron chi connectivity index (χ0n) is 14.1. The average Bonchev–Trinajstić information content (AvgIpc) is 2.44.